The van der Waals surface area contributed by atoms with Crippen LogP contribution in [0.5, 0.6) is 0 Å². The van der Waals surface area contributed by atoms with Gasteiger partial charge in [0.15, 0.2) is 0 Å². The fourth-order valence-electron chi connectivity index (χ4n) is 2.24. The molecule has 1 N–H and O–H groups in total. The summed E-state index contributed by atoms with van der Waals surface area (Å²) >= 11 is 11.8. The number of nitrogens with one attached hydrogen (secondary N) is 1. The Hall–Kier alpha value is -2.04. The molecule has 0 saturated carbocycles. The molecule has 0 aliphatic carbocycles. The van der Waals surface area contributed by atoms with Gasteiger partial charge < -0.3 is 4.90 Å². The molecule has 0 aliphatic rings. The average Bonchev–Trinajstić information content (AvgIpc) is 2.59. The highest BCUT2D eigenvalue weighted by atomic mass is 35.5. The molecule has 1 amide bonds. The molecule has 0 aliphatic heterocycles. The minimum absolute atomic E-state index is 0.266. The molecule has 126 valence electrons. The number of carbonyl (C=O) groups is 1. The second-order valence-corrected chi connectivity index (χ2v) is 5.91. The monoisotopic (exact) mass is 363 g/mol. The van der Waals surface area contributed by atoms with Gasteiger partial charge in [-0.05, 0) is 55.8 Å². The van der Waals surface area contributed by atoms with Crippen LogP contribution in [0.4, 0.5) is 5.69 Å². The van der Waals surface area contributed by atoms with E-state index in [1.165, 1.54) is 6.21 Å². The minimum atomic E-state index is -0.266. The Morgan fingerprint density at radius 3 is 2.33 bits per heavy atom. The van der Waals surface area contributed by atoms with Gasteiger partial charge in [-0.25, -0.2) is 5.43 Å². The third-order valence-corrected chi connectivity index (χ3v) is 4.32. The van der Waals surface area contributed by atoms with E-state index in [2.05, 4.69) is 29.3 Å². The van der Waals surface area contributed by atoms with Crippen LogP contribution in [-0.4, -0.2) is 25.2 Å². The molecule has 0 radical (unpaired) electrons. The molecule has 0 atom stereocenters. The Bertz CT molecular complexity index is 726. The van der Waals surface area contributed by atoms with E-state index in [1.54, 1.807) is 30.3 Å². The standard InChI is InChI=1S/C18H19Cl2N3O/c1-3-23(4-2)15-8-6-14(7-9-15)18(24)22-21-12-13-5-10-16(19)17(20)11-13/h5-12H,3-4H2,1-2H3,(H,22,24)/b21-12-. The maximum Gasteiger partial charge on any atom is 0.271 e. The summed E-state index contributed by atoms with van der Waals surface area (Å²) in [5.74, 6) is -0.266. The van der Waals surface area contributed by atoms with Crippen molar-refractivity contribution in [2.75, 3.05) is 18.0 Å². The van der Waals surface area contributed by atoms with Crippen molar-refractivity contribution in [2.45, 2.75) is 13.8 Å². The topological polar surface area (TPSA) is 44.7 Å². The molecular formula is C18H19Cl2N3O. The van der Waals surface area contributed by atoms with Gasteiger partial charge in [0.25, 0.3) is 5.91 Å². The summed E-state index contributed by atoms with van der Waals surface area (Å²) in [7, 11) is 0. The van der Waals surface area contributed by atoms with E-state index in [0.29, 0.717) is 15.6 Å². The van der Waals surface area contributed by atoms with Gasteiger partial charge in [-0.2, -0.15) is 5.10 Å². The number of amides is 1. The summed E-state index contributed by atoms with van der Waals surface area (Å²) in [5.41, 5.74) is 4.90. The van der Waals surface area contributed by atoms with Crippen molar-refractivity contribution in [3.8, 4) is 0 Å². The Morgan fingerprint density at radius 1 is 1.08 bits per heavy atom. The molecule has 0 aromatic heterocycles. The van der Waals surface area contributed by atoms with E-state index in [1.807, 2.05) is 12.1 Å². The van der Waals surface area contributed by atoms with Crippen molar-refractivity contribution in [2.24, 2.45) is 5.10 Å². The van der Waals surface area contributed by atoms with E-state index in [-0.39, 0.29) is 5.91 Å². The number of benzene rings is 2. The molecule has 0 bridgehead atoms. The zero-order chi connectivity index (χ0) is 17.5. The Morgan fingerprint density at radius 2 is 1.75 bits per heavy atom. The number of rotatable bonds is 6. The summed E-state index contributed by atoms with van der Waals surface area (Å²) in [6, 6.07) is 12.6. The molecule has 4 nitrogen and oxygen atoms in total. The molecule has 0 fully saturated rings. The normalized spacial score (nSPS) is 10.8. The summed E-state index contributed by atoms with van der Waals surface area (Å²) < 4.78 is 0. The lowest BCUT2D eigenvalue weighted by atomic mass is 10.2. The lowest BCUT2D eigenvalue weighted by molar-refractivity contribution is 0.0955. The predicted molar refractivity (Wildman–Crippen MR) is 102 cm³/mol. The van der Waals surface area contributed by atoms with Gasteiger partial charge in [0.05, 0.1) is 16.3 Å². The first-order valence-electron chi connectivity index (χ1n) is 7.68. The Labute approximate surface area is 152 Å². The average molecular weight is 364 g/mol. The number of anilines is 1. The van der Waals surface area contributed by atoms with E-state index in [0.717, 1.165) is 24.3 Å². The van der Waals surface area contributed by atoms with Crippen LogP contribution in [0.2, 0.25) is 10.0 Å². The van der Waals surface area contributed by atoms with Crippen LogP contribution in [-0.2, 0) is 0 Å². The minimum Gasteiger partial charge on any atom is -0.372 e. The summed E-state index contributed by atoms with van der Waals surface area (Å²) in [4.78, 5) is 14.3. The summed E-state index contributed by atoms with van der Waals surface area (Å²) in [5, 5.41) is 4.86. The predicted octanol–water partition coefficient (Wildman–Crippen LogP) is 4.60. The molecule has 2 rings (SSSR count). The van der Waals surface area contributed by atoms with Crippen LogP contribution >= 0.6 is 23.2 Å². The van der Waals surface area contributed by atoms with Gasteiger partial charge in [-0.1, -0.05) is 29.3 Å². The lowest BCUT2D eigenvalue weighted by Crippen LogP contribution is -2.22. The quantitative estimate of drug-likeness (QED) is 0.601. The Balaban J connectivity index is 1.99. The van der Waals surface area contributed by atoms with Gasteiger partial charge in [-0.3, -0.25) is 4.79 Å². The highest BCUT2D eigenvalue weighted by molar-refractivity contribution is 6.42. The fraction of sp³-hybridized carbons (Fsp3) is 0.222. The van der Waals surface area contributed by atoms with Crippen molar-refractivity contribution in [1.82, 2.24) is 5.43 Å². The number of nitrogens with zero attached hydrogens (tertiary/aromatic N) is 2. The molecule has 0 spiro atoms. The van der Waals surface area contributed by atoms with Crippen LogP contribution in [0.3, 0.4) is 0 Å². The molecular weight excluding hydrogens is 345 g/mol. The first-order chi connectivity index (χ1) is 11.5. The number of halogens is 2. The molecule has 2 aromatic rings. The van der Waals surface area contributed by atoms with Crippen LogP contribution in [0, 0.1) is 0 Å². The molecule has 6 heteroatoms. The SMILES string of the molecule is CCN(CC)c1ccc(C(=O)N/N=C\c2ccc(Cl)c(Cl)c2)cc1. The van der Waals surface area contributed by atoms with E-state index < -0.39 is 0 Å². The zero-order valence-corrected chi connectivity index (χ0v) is 15.1. The van der Waals surface area contributed by atoms with Gasteiger partial charge in [0.2, 0.25) is 0 Å². The van der Waals surface area contributed by atoms with Crippen LogP contribution < -0.4 is 10.3 Å². The number of carbonyl (C=O) groups excluding carboxylic acids is 1. The molecule has 0 saturated heterocycles. The third kappa shape index (κ3) is 4.73. The first-order valence-corrected chi connectivity index (χ1v) is 8.44. The summed E-state index contributed by atoms with van der Waals surface area (Å²) in [6.07, 6.45) is 1.52. The second-order valence-electron chi connectivity index (χ2n) is 5.09. The number of hydrazone groups is 1. The van der Waals surface area contributed by atoms with Gasteiger partial charge in [0.1, 0.15) is 0 Å². The maximum absolute atomic E-state index is 12.1. The van der Waals surface area contributed by atoms with Crippen molar-refractivity contribution in [1.29, 1.82) is 0 Å². The largest absolute Gasteiger partial charge is 0.372 e. The van der Waals surface area contributed by atoms with Crippen LogP contribution in [0.25, 0.3) is 0 Å². The lowest BCUT2D eigenvalue weighted by Gasteiger charge is -2.20. The zero-order valence-electron chi connectivity index (χ0n) is 13.6. The van der Waals surface area contributed by atoms with Crippen molar-refractivity contribution in [3.63, 3.8) is 0 Å². The molecule has 0 unspecified atom stereocenters. The molecule has 0 heterocycles. The van der Waals surface area contributed by atoms with E-state index in [4.69, 9.17) is 23.2 Å². The number of hydrogen-bond donors (Lipinski definition) is 1. The van der Waals surface area contributed by atoms with Crippen molar-refractivity contribution in [3.05, 3.63) is 63.6 Å². The van der Waals surface area contributed by atoms with Crippen molar-refractivity contribution < 1.29 is 4.79 Å². The van der Waals surface area contributed by atoms with E-state index >= 15 is 0 Å². The fourth-order valence-corrected chi connectivity index (χ4v) is 2.54. The van der Waals surface area contributed by atoms with E-state index in [9.17, 15) is 4.79 Å². The van der Waals surface area contributed by atoms with Crippen molar-refractivity contribution >= 4 is 41.0 Å². The maximum atomic E-state index is 12.1. The molecule has 2 aromatic carbocycles. The van der Waals surface area contributed by atoms with Gasteiger partial charge >= 0.3 is 0 Å². The summed E-state index contributed by atoms with van der Waals surface area (Å²) in [6.45, 7) is 6.05. The highest BCUT2D eigenvalue weighted by Gasteiger charge is 2.06. The number of hydrogen-bond acceptors (Lipinski definition) is 3. The Kier molecular flexibility index (Phi) is 6.64. The third-order valence-electron chi connectivity index (χ3n) is 3.58. The van der Waals surface area contributed by atoms with Crippen LogP contribution in [0.15, 0.2) is 47.6 Å². The highest BCUT2D eigenvalue weighted by Crippen LogP contribution is 2.21. The molecule has 24 heavy (non-hydrogen) atoms. The first kappa shape index (κ1) is 18.3. The van der Waals surface area contributed by atoms with Gasteiger partial charge in [-0.15, -0.1) is 0 Å². The smallest absolute Gasteiger partial charge is 0.271 e. The van der Waals surface area contributed by atoms with Crippen LogP contribution in [0.1, 0.15) is 29.8 Å². The second kappa shape index (κ2) is 8.71. The van der Waals surface area contributed by atoms with Gasteiger partial charge in [0, 0.05) is 24.3 Å².